The summed E-state index contributed by atoms with van der Waals surface area (Å²) in [5, 5.41) is 16.9. The van der Waals surface area contributed by atoms with Crippen LogP contribution in [0, 0.1) is 11.8 Å². The van der Waals surface area contributed by atoms with Crippen LogP contribution in [-0.4, -0.2) is 71.5 Å². The lowest BCUT2D eigenvalue weighted by Crippen LogP contribution is -2.40. The Morgan fingerprint density at radius 3 is 2.71 bits per heavy atom. The van der Waals surface area contributed by atoms with Gasteiger partial charge in [-0.3, -0.25) is 14.2 Å². The number of hydrogen-bond acceptors (Lipinski definition) is 10. The number of rotatable bonds is 8. The average Bonchev–Trinajstić information content (AvgIpc) is 3.78. The van der Waals surface area contributed by atoms with E-state index < -0.39 is 0 Å². The SMILES string of the molecule is Nc1ncnc2c1c(-c1cccc(O)c1)nn2Cc1nc2cccc(C#CCCCC(=O)N3CCOCC3)c2c(=O)n1Cc1ccc2occc2c1. The van der Waals surface area contributed by atoms with E-state index in [0.29, 0.717) is 90.1 Å². The Morgan fingerprint density at radius 1 is 0.981 bits per heavy atom. The molecule has 0 bridgehead atoms. The van der Waals surface area contributed by atoms with Crippen molar-refractivity contribution in [1.82, 2.24) is 34.2 Å². The zero-order valence-corrected chi connectivity index (χ0v) is 28.2. The Hall–Kier alpha value is -6.52. The fraction of sp³-hybridized carbons (Fsp3) is 0.231. The van der Waals surface area contributed by atoms with Gasteiger partial charge in [0.1, 0.15) is 41.5 Å². The van der Waals surface area contributed by atoms with Crippen molar-refractivity contribution in [3.63, 3.8) is 0 Å². The van der Waals surface area contributed by atoms with Crippen molar-refractivity contribution in [2.45, 2.75) is 32.4 Å². The first-order chi connectivity index (χ1) is 25.4. The molecule has 0 saturated carbocycles. The average molecular weight is 695 g/mol. The Morgan fingerprint density at radius 2 is 1.85 bits per heavy atom. The maximum Gasteiger partial charge on any atom is 0.263 e. The number of fused-ring (bicyclic) bond motifs is 3. The predicted octanol–water partition coefficient (Wildman–Crippen LogP) is 4.71. The standard InChI is InChI=1S/C39H34N8O5/c40-37-35-36(28-8-4-9-29(48)21-28)44-47(38(35)42-24-41-37)23-32-43-30-10-5-7-26(6-2-1-3-11-33(49)45-15-18-51-19-16-45)34(30)39(50)46(32)22-25-12-13-31-27(20-25)14-17-52-31/h4-5,7-10,12-14,17,20-21,24,48H,1,3,11,15-16,18-19,22-23H2,(H2,40,41,42). The van der Waals surface area contributed by atoms with Gasteiger partial charge in [-0.2, -0.15) is 5.10 Å². The Labute approximate surface area is 297 Å². The number of amides is 1. The number of benzene rings is 3. The lowest BCUT2D eigenvalue weighted by atomic mass is 10.1. The topological polar surface area (TPSA) is 167 Å². The molecule has 260 valence electrons. The summed E-state index contributed by atoms with van der Waals surface area (Å²) in [6, 6.07) is 19.8. The highest BCUT2D eigenvalue weighted by Gasteiger charge is 2.21. The summed E-state index contributed by atoms with van der Waals surface area (Å²) in [5.74, 6) is 7.24. The molecule has 1 saturated heterocycles. The molecule has 52 heavy (non-hydrogen) atoms. The Kier molecular flexibility index (Phi) is 8.80. The maximum absolute atomic E-state index is 14.6. The summed E-state index contributed by atoms with van der Waals surface area (Å²) < 4.78 is 14.2. The monoisotopic (exact) mass is 694 g/mol. The molecule has 3 N–H and O–H groups in total. The van der Waals surface area contributed by atoms with Gasteiger partial charge in [-0.05, 0) is 54.4 Å². The van der Waals surface area contributed by atoms with Gasteiger partial charge in [-0.15, -0.1) is 0 Å². The van der Waals surface area contributed by atoms with Gasteiger partial charge in [-0.25, -0.2) is 19.6 Å². The summed E-state index contributed by atoms with van der Waals surface area (Å²) in [6.45, 7) is 2.68. The fourth-order valence-corrected chi connectivity index (χ4v) is 6.58. The number of carbonyl (C=O) groups is 1. The molecule has 0 radical (unpaired) electrons. The Balaban J connectivity index is 1.18. The first-order valence-corrected chi connectivity index (χ1v) is 17.0. The van der Waals surface area contributed by atoms with Gasteiger partial charge >= 0.3 is 0 Å². The number of carbonyl (C=O) groups excluding carboxylic acids is 1. The largest absolute Gasteiger partial charge is 0.508 e. The lowest BCUT2D eigenvalue weighted by molar-refractivity contribution is -0.135. The molecule has 0 spiro atoms. The van der Waals surface area contributed by atoms with Crippen LogP contribution >= 0.6 is 0 Å². The number of ether oxygens (including phenoxy) is 1. The molecule has 8 rings (SSSR count). The molecule has 3 aromatic carbocycles. The quantitative estimate of drug-likeness (QED) is 0.168. The van der Waals surface area contributed by atoms with E-state index in [9.17, 15) is 14.7 Å². The molecule has 0 atom stereocenters. The normalized spacial score (nSPS) is 13.1. The minimum absolute atomic E-state index is 0.0793. The molecule has 1 fully saturated rings. The molecule has 13 heteroatoms. The Bertz CT molecular complexity index is 2590. The highest BCUT2D eigenvalue weighted by atomic mass is 16.5. The molecule has 5 heterocycles. The number of furan rings is 1. The zero-order chi connectivity index (χ0) is 35.6. The van der Waals surface area contributed by atoms with Crippen LogP contribution in [0.2, 0.25) is 0 Å². The third kappa shape index (κ3) is 6.43. The van der Waals surface area contributed by atoms with Crippen molar-refractivity contribution >= 4 is 44.6 Å². The number of nitrogens with two attached hydrogens (primary N) is 1. The molecule has 0 aliphatic carbocycles. The molecule has 1 aliphatic rings. The third-order valence-corrected chi connectivity index (χ3v) is 9.17. The van der Waals surface area contributed by atoms with Gasteiger partial charge in [0.15, 0.2) is 5.65 Å². The highest BCUT2D eigenvalue weighted by molar-refractivity contribution is 5.98. The second-order valence-electron chi connectivity index (χ2n) is 12.6. The van der Waals surface area contributed by atoms with Crippen molar-refractivity contribution < 1.29 is 19.1 Å². The van der Waals surface area contributed by atoms with Crippen LogP contribution in [0.1, 0.15) is 36.2 Å². The smallest absolute Gasteiger partial charge is 0.263 e. The molecule has 1 amide bonds. The molecule has 0 unspecified atom stereocenters. The zero-order valence-electron chi connectivity index (χ0n) is 28.2. The first kappa shape index (κ1) is 32.7. The van der Waals surface area contributed by atoms with Crippen molar-refractivity contribution in [3.05, 3.63) is 107 Å². The number of hydrogen-bond donors (Lipinski definition) is 2. The van der Waals surface area contributed by atoms with E-state index in [1.165, 1.54) is 6.33 Å². The van der Waals surface area contributed by atoms with Gasteiger partial charge in [0, 0.05) is 42.4 Å². The summed E-state index contributed by atoms with van der Waals surface area (Å²) >= 11 is 0. The van der Waals surface area contributed by atoms with Crippen molar-refractivity contribution in [1.29, 1.82) is 0 Å². The summed E-state index contributed by atoms with van der Waals surface area (Å²) in [7, 11) is 0. The number of aromatic nitrogens is 6. The van der Waals surface area contributed by atoms with Crippen LogP contribution < -0.4 is 11.3 Å². The number of morpholine rings is 1. The second kappa shape index (κ2) is 14.0. The number of anilines is 1. The van der Waals surface area contributed by atoms with Crippen molar-refractivity contribution in [2.24, 2.45) is 0 Å². The number of nitrogens with zero attached hydrogens (tertiary/aromatic N) is 7. The molecule has 13 nitrogen and oxygen atoms in total. The lowest BCUT2D eigenvalue weighted by Gasteiger charge is -2.26. The number of nitrogen functional groups attached to an aromatic ring is 1. The van der Waals surface area contributed by atoms with E-state index in [4.69, 9.17) is 25.0 Å². The van der Waals surface area contributed by atoms with E-state index in [1.54, 1.807) is 39.8 Å². The van der Waals surface area contributed by atoms with Gasteiger partial charge < -0.3 is 24.9 Å². The minimum Gasteiger partial charge on any atom is -0.508 e. The molecular weight excluding hydrogens is 660 g/mol. The number of phenolic OH excluding ortho intramolecular Hbond substituents is 1. The third-order valence-electron chi connectivity index (χ3n) is 9.17. The maximum atomic E-state index is 14.6. The van der Waals surface area contributed by atoms with Gasteiger partial charge in [0.2, 0.25) is 5.91 Å². The van der Waals surface area contributed by atoms with E-state index >= 15 is 0 Å². The second-order valence-corrected chi connectivity index (χ2v) is 12.6. The van der Waals surface area contributed by atoms with Crippen LogP contribution in [-0.2, 0) is 22.6 Å². The summed E-state index contributed by atoms with van der Waals surface area (Å²) in [6.07, 6.45) is 4.54. The van der Waals surface area contributed by atoms with Gasteiger partial charge in [0.05, 0.1) is 42.3 Å². The number of unbranched alkanes of at least 4 members (excludes halogenated alkanes) is 1. The predicted molar refractivity (Wildman–Crippen MR) is 195 cm³/mol. The van der Waals surface area contributed by atoms with Crippen molar-refractivity contribution in [3.8, 4) is 28.8 Å². The molecular formula is C39H34N8O5. The van der Waals surface area contributed by atoms with Crippen LogP contribution in [0.4, 0.5) is 5.82 Å². The molecule has 1 aliphatic heterocycles. The van der Waals surface area contributed by atoms with Crippen LogP contribution in [0.15, 0.2) is 88.5 Å². The van der Waals surface area contributed by atoms with E-state index in [0.717, 1.165) is 16.5 Å². The summed E-state index contributed by atoms with van der Waals surface area (Å²) in [5.41, 5.74) is 10.4. The number of aromatic hydroxyl groups is 1. The van der Waals surface area contributed by atoms with E-state index in [2.05, 4.69) is 21.8 Å². The fourth-order valence-electron chi connectivity index (χ4n) is 6.58. The molecule has 7 aromatic rings. The van der Waals surface area contributed by atoms with E-state index in [-0.39, 0.29) is 36.1 Å². The first-order valence-electron chi connectivity index (χ1n) is 17.0. The van der Waals surface area contributed by atoms with Gasteiger partial charge in [0.25, 0.3) is 5.56 Å². The van der Waals surface area contributed by atoms with E-state index in [1.807, 2.05) is 47.4 Å². The minimum atomic E-state index is -0.251. The highest BCUT2D eigenvalue weighted by Crippen LogP contribution is 2.32. The molecule has 4 aromatic heterocycles. The number of phenols is 1. The summed E-state index contributed by atoms with van der Waals surface area (Å²) in [4.78, 5) is 42.7. The van der Waals surface area contributed by atoms with Gasteiger partial charge in [-0.1, -0.05) is 36.1 Å². The van der Waals surface area contributed by atoms with Crippen LogP contribution in [0.5, 0.6) is 5.75 Å². The van der Waals surface area contributed by atoms with Crippen LogP contribution in [0.25, 0.3) is 44.2 Å². The van der Waals surface area contributed by atoms with Crippen LogP contribution in [0.3, 0.4) is 0 Å². The van der Waals surface area contributed by atoms with Crippen molar-refractivity contribution in [2.75, 3.05) is 32.0 Å².